The first-order chi connectivity index (χ1) is 14.2. The lowest BCUT2D eigenvalue weighted by molar-refractivity contribution is -0.220. The van der Waals surface area contributed by atoms with Crippen molar-refractivity contribution in [3.63, 3.8) is 0 Å². The molecular weight excluding hydrogens is 376 g/mol. The highest BCUT2D eigenvalue weighted by atomic mass is 16.8. The first-order valence-corrected chi connectivity index (χ1v) is 11.9. The molecule has 2 N–H and O–H groups in total. The number of ether oxygens (including phenoxy) is 2. The Morgan fingerprint density at radius 3 is 2.73 bits per heavy atom. The minimum atomic E-state index is -0.578. The van der Waals surface area contributed by atoms with E-state index >= 15 is 0 Å². The second-order valence-corrected chi connectivity index (χ2v) is 11.7. The van der Waals surface area contributed by atoms with Gasteiger partial charge in [0.05, 0.1) is 17.9 Å². The van der Waals surface area contributed by atoms with Crippen molar-refractivity contribution in [1.82, 2.24) is 10.2 Å². The summed E-state index contributed by atoms with van der Waals surface area (Å²) in [6.07, 6.45) is 11.8. The minimum absolute atomic E-state index is 0.0228. The number of H-pyrrole nitrogens is 1. The molecule has 1 aromatic rings. The van der Waals surface area contributed by atoms with E-state index < -0.39 is 11.4 Å². The van der Waals surface area contributed by atoms with Gasteiger partial charge in [-0.2, -0.15) is 5.10 Å². The summed E-state index contributed by atoms with van der Waals surface area (Å²) in [5.74, 6) is 1.36. The van der Waals surface area contributed by atoms with Gasteiger partial charge < -0.3 is 14.6 Å². The van der Waals surface area contributed by atoms with E-state index in [1.54, 1.807) is 0 Å². The van der Waals surface area contributed by atoms with E-state index in [9.17, 15) is 5.11 Å². The Hall–Kier alpha value is -1.17. The van der Waals surface area contributed by atoms with Crippen molar-refractivity contribution in [2.45, 2.75) is 96.2 Å². The van der Waals surface area contributed by atoms with E-state index in [1.807, 2.05) is 6.20 Å². The highest BCUT2D eigenvalue weighted by molar-refractivity contribution is 5.31. The summed E-state index contributed by atoms with van der Waals surface area (Å²) in [4.78, 5) is 0. The van der Waals surface area contributed by atoms with Crippen LogP contribution in [0.3, 0.4) is 0 Å². The lowest BCUT2D eigenvalue weighted by Crippen LogP contribution is -2.55. The quantitative estimate of drug-likeness (QED) is 0.657. The van der Waals surface area contributed by atoms with Crippen LogP contribution < -0.4 is 0 Å². The van der Waals surface area contributed by atoms with Crippen LogP contribution in [0.1, 0.15) is 78.3 Å². The molecule has 4 aliphatic carbocycles. The third kappa shape index (κ3) is 2.27. The molecule has 8 atom stereocenters. The molecule has 164 valence electrons. The third-order valence-electron chi connectivity index (χ3n) is 9.97. The molecule has 0 aromatic carbocycles. The zero-order chi connectivity index (χ0) is 20.9. The van der Waals surface area contributed by atoms with Gasteiger partial charge in [-0.05, 0) is 88.0 Å². The Labute approximate surface area is 179 Å². The van der Waals surface area contributed by atoms with Crippen molar-refractivity contribution < 1.29 is 14.6 Å². The van der Waals surface area contributed by atoms with E-state index in [0.717, 1.165) is 44.2 Å². The molecule has 1 saturated heterocycles. The molecule has 0 unspecified atom stereocenters. The largest absolute Gasteiger partial charge is 0.393 e. The summed E-state index contributed by atoms with van der Waals surface area (Å²) in [7, 11) is 0. The second-order valence-electron chi connectivity index (χ2n) is 11.7. The Kier molecular flexibility index (Phi) is 3.90. The Balaban J connectivity index is 1.42. The first kappa shape index (κ1) is 19.5. The number of hydrogen-bond acceptors (Lipinski definition) is 4. The number of aliphatic hydroxyl groups excluding tert-OH is 1. The van der Waals surface area contributed by atoms with Gasteiger partial charge in [-0.15, -0.1) is 0 Å². The molecule has 0 spiro atoms. The number of allylic oxidation sites excluding steroid dienone is 1. The van der Waals surface area contributed by atoms with Gasteiger partial charge in [-0.3, -0.25) is 5.10 Å². The minimum Gasteiger partial charge on any atom is -0.393 e. The average Bonchev–Trinajstić information content (AvgIpc) is 3.35. The van der Waals surface area contributed by atoms with Crippen LogP contribution in [-0.4, -0.2) is 33.3 Å². The fraction of sp³-hybridized carbons (Fsp3) is 0.800. The normalized spacial score (nSPS) is 51.5. The summed E-state index contributed by atoms with van der Waals surface area (Å²) < 4.78 is 13.4. The molecule has 3 saturated carbocycles. The summed E-state index contributed by atoms with van der Waals surface area (Å²) in [5, 5.41) is 17.8. The maximum atomic E-state index is 10.3. The van der Waals surface area contributed by atoms with Crippen LogP contribution in [0.25, 0.3) is 0 Å². The number of aliphatic hydroxyl groups is 1. The smallest absolute Gasteiger partial charge is 0.164 e. The van der Waals surface area contributed by atoms with Crippen LogP contribution in [0, 0.1) is 28.6 Å². The van der Waals surface area contributed by atoms with Crippen LogP contribution in [0.15, 0.2) is 23.9 Å². The zero-order valence-electron chi connectivity index (χ0n) is 18.8. The Morgan fingerprint density at radius 2 is 1.97 bits per heavy atom. The van der Waals surface area contributed by atoms with E-state index in [1.165, 1.54) is 12.0 Å². The highest BCUT2D eigenvalue weighted by Crippen LogP contribution is 2.72. The third-order valence-corrected chi connectivity index (χ3v) is 9.97. The number of rotatable bonds is 1. The molecule has 0 amide bonds. The van der Waals surface area contributed by atoms with Crippen LogP contribution >= 0.6 is 0 Å². The maximum Gasteiger partial charge on any atom is 0.164 e. The molecule has 5 heteroatoms. The predicted octanol–water partition coefficient (Wildman–Crippen LogP) is 4.69. The molecule has 1 aromatic heterocycles. The molecule has 2 heterocycles. The van der Waals surface area contributed by atoms with Crippen molar-refractivity contribution in [1.29, 1.82) is 0 Å². The maximum absolute atomic E-state index is 10.3. The molecule has 6 rings (SSSR count). The fourth-order valence-electron chi connectivity index (χ4n) is 8.69. The van der Waals surface area contributed by atoms with Crippen molar-refractivity contribution in [3.8, 4) is 0 Å². The van der Waals surface area contributed by atoms with Crippen LogP contribution in [0.2, 0.25) is 0 Å². The highest BCUT2D eigenvalue weighted by Gasteiger charge is 2.74. The van der Waals surface area contributed by atoms with Crippen molar-refractivity contribution >= 4 is 0 Å². The zero-order valence-corrected chi connectivity index (χ0v) is 18.8. The SMILES string of the molecule is CC1(C)O[C@@H]2C[C@@H]3[C@@H]4CC=C5C[C@H](O)CC[C@]5(C)[C@@H]4CC[C@]3(C)[C@]2(c2ccn[nH]2)O1. The van der Waals surface area contributed by atoms with Gasteiger partial charge in [0, 0.05) is 11.6 Å². The van der Waals surface area contributed by atoms with Crippen LogP contribution in [0.5, 0.6) is 0 Å². The van der Waals surface area contributed by atoms with Gasteiger partial charge in [0.25, 0.3) is 0 Å². The molecular formula is C25H36N2O3. The fourth-order valence-corrected chi connectivity index (χ4v) is 8.69. The number of aromatic nitrogens is 2. The topological polar surface area (TPSA) is 67.4 Å². The summed E-state index contributed by atoms with van der Waals surface area (Å²) in [6.45, 7) is 9.06. The average molecular weight is 413 g/mol. The van der Waals surface area contributed by atoms with Crippen molar-refractivity contribution in [2.24, 2.45) is 28.6 Å². The Bertz CT molecular complexity index is 879. The standard InChI is InChI=1S/C25H36N2O3/c1-22(2)29-21-14-19-17-6-5-15-13-16(28)7-10-23(15,3)18(17)8-11-24(19,4)25(21,30-22)20-9-12-26-27-20/h5,9,12,16-19,21,28H,6-8,10-11,13-14H2,1-4H3,(H,26,27)/t16-,17-,18-,19-,21-,23+,24+,25-/m1/s1. The van der Waals surface area contributed by atoms with E-state index in [0.29, 0.717) is 17.8 Å². The van der Waals surface area contributed by atoms with E-state index in [2.05, 4.69) is 50.0 Å². The molecule has 5 aliphatic rings. The number of hydrogen-bond donors (Lipinski definition) is 2. The lowest BCUT2D eigenvalue weighted by atomic mass is 9.46. The molecule has 1 aliphatic heterocycles. The predicted molar refractivity (Wildman–Crippen MR) is 113 cm³/mol. The number of nitrogens with one attached hydrogen (secondary N) is 1. The summed E-state index contributed by atoms with van der Waals surface area (Å²) in [5.41, 5.74) is 2.44. The van der Waals surface area contributed by atoms with Gasteiger partial charge in [0.15, 0.2) is 5.79 Å². The van der Waals surface area contributed by atoms with Gasteiger partial charge >= 0.3 is 0 Å². The van der Waals surface area contributed by atoms with Crippen LogP contribution in [0.4, 0.5) is 0 Å². The van der Waals surface area contributed by atoms with Gasteiger partial charge in [0.2, 0.25) is 0 Å². The first-order valence-electron chi connectivity index (χ1n) is 11.9. The van der Waals surface area contributed by atoms with Gasteiger partial charge in [0.1, 0.15) is 5.60 Å². The summed E-state index contributed by atoms with van der Waals surface area (Å²) >= 11 is 0. The molecule has 5 nitrogen and oxygen atoms in total. The van der Waals surface area contributed by atoms with E-state index in [4.69, 9.17) is 9.47 Å². The molecule has 0 bridgehead atoms. The molecule has 4 fully saturated rings. The number of aromatic amines is 1. The summed E-state index contributed by atoms with van der Waals surface area (Å²) in [6, 6.07) is 2.10. The lowest BCUT2D eigenvalue weighted by Gasteiger charge is -2.59. The Morgan fingerprint density at radius 1 is 1.13 bits per heavy atom. The van der Waals surface area contributed by atoms with Gasteiger partial charge in [-0.1, -0.05) is 25.5 Å². The number of nitrogens with zero attached hydrogens (tertiary/aromatic N) is 1. The van der Waals surface area contributed by atoms with Crippen molar-refractivity contribution in [2.75, 3.05) is 0 Å². The molecule has 30 heavy (non-hydrogen) atoms. The second kappa shape index (κ2) is 5.99. The van der Waals surface area contributed by atoms with Crippen molar-refractivity contribution in [3.05, 3.63) is 29.6 Å². The number of fused-ring (bicyclic) bond motifs is 7. The van der Waals surface area contributed by atoms with Gasteiger partial charge in [-0.25, -0.2) is 0 Å². The van der Waals surface area contributed by atoms with E-state index in [-0.39, 0.29) is 23.0 Å². The van der Waals surface area contributed by atoms with Crippen LogP contribution in [-0.2, 0) is 15.1 Å². The molecule has 0 radical (unpaired) electrons. The monoisotopic (exact) mass is 412 g/mol.